The lowest BCUT2D eigenvalue weighted by Gasteiger charge is -2.16. The lowest BCUT2D eigenvalue weighted by molar-refractivity contribution is -0.119. The first-order valence-corrected chi connectivity index (χ1v) is 8.29. The van der Waals surface area contributed by atoms with Crippen LogP contribution in [0.1, 0.15) is 10.4 Å². The largest absolute Gasteiger partial charge is 0.452 e. The summed E-state index contributed by atoms with van der Waals surface area (Å²) < 4.78 is 18.0. The van der Waals surface area contributed by atoms with Crippen LogP contribution in [0.5, 0.6) is 0 Å². The fourth-order valence-electron chi connectivity index (χ4n) is 2.19. The third kappa shape index (κ3) is 4.36. The minimum Gasteiger partial charge on any atom is -0.452 e. The fourth-order valence-corrected chi connectivity index (χ4v) is 2.98. The Morgan fingerprint density at radius 2 is 2.08 bits per heavy atom. The van der Waals surface area contributed by atoms with Gasteiger partial charge in [0.2, 0.25) is 5.91 Å². The highest BCUT2D eigenvalue weighted by Crippen LogP contribution is 2.32. The molecule has 0 atom stereocenters. The highest BCUT2D eigenvalue weighted by Gasteiger charge is 2.18. The van der Waals surface area contributed by atoms with Crippen molar-refractivity contribution >= 4 is 40.9 Å². The summed E-state index contributed by atoms with van der Waals surface area (Å²) in [5.74, 6) is -1.57. The number of hydrogen-bond acceptors (Lipinski definition) is 5. The Balaban J connectivity index is 1.58. The Hall–Kier alpha value is -2.87. The van der Waals surface area contributed by atoms with E-state index in [9.17, 15) is 18.8 Å². The van der Waals surface area contributed by atoms with Crippen molar-refractivity contribution in [2.24, 2.45) is 0 Å². The second-order valence-corrected chi connectivity index (χ2v) is 6.20. The van der Waals surface area contributed by atoms with Gasteiger partial charge in [-0.05, 0) is 36.4 Å². The monoisotopic (exact) mass is 360 g/mol. The van der Waals surface area contributed by atoms with Crippen LogP contribution < -0.4 is 10.6 Å². The SMILES string of the molecule is O=C(COC(=O)c1ccc2c(c1)NC(=O)CS2)Nc1cccc(F)c1. The molecule has 0 aromatic heterocycles. The van der Waals surface area contributed by atoms with Crippen molar-refractivity contribution in [3.63, 3.8) is 0 Å². The van der Waals surface area contributed by atoms with Crippen LogP contribution in [-0.2, 0) is 14.3 Å². The minimum absolute atomic E-state index is 0.141. The number of ether oxygens (including phenoxy) is 1. The number of rotatable bonds is 4. The van der Waals surface area contributed by atoms with Gasteiger partial charge in [0, 0.05) is 10.6 Å². The van der Waals surface area contributed by atoms with Crippen molar-refractivity contribution in [2.45, 2.75) is 4.90 Å². The van der Waals surface area contributed by atoms with Crippen LogP contribution in [0.4, 0.5) is 15.8 Å². The first-order valence-electron chi connectivity index (χ1n) is 7.30. The molecule has 8 heteroatoms. The van der Waals surface area contributed by atoms with Crippen molar-refractivity contribution in [3.8, 4) is 0 Å². The Morgan fingerprint density at radius 1 is 1.24 bits per heavy atom. The van der Waals surface area contributed by atoms with Crippen molar-refractivity contribution in [1.29, 1.82) is 0 Å². The van der Waals surface area contributed by atoms with Gasteiger partial charge in [-0.15, -0.1) is 11.8 Å². The molecule has 0 saturated heterocycles. The zero-order valence-corrected chi connectivity index (χ0v) is 13.7. The van der Waals surface area contributed by atoms with E-state index in [1.54, 1.807) is 12.1 Å². The van der Waals surface area contributed by atoms with Gasteiger partial charge in [0.05, 0.1) is 17.0 Å². The van der Waals surface area contributed by atoms with E-state index >= 15 is 0 Å². The molecule has 6 nitrogen and oxygen atoms in total. The second kappa shape index (κ2) is 7.35. The molecule has 0 saturated carbocycles. The third-order valence-corrected chi connectivity index (χ3v) is 4.36. The number of nitrogens with one attached hydrogen (secondary N) is 2. The molecule has 0 unspecified atom stereocenters. The third-order valence-electron chi connectivity index (χ3n) is 3.29. The molecule has 1 aliphatic heterocycles. The zero-order chi connectivity index (χ0) is 17.8. The highest BCUT2D eigenvalue weighted by atomic mass is 32.2. The molecular weight excluding hydrogens is 347 g/mol. The van der Waals surface area contributed by atoms with E-state index in [-0.39, 0.29) is 17.2 Å². The van der Waals surface area contributed by atoms with E-state index in [1.807, 2.05) is 0 Å². The summed E-state index contributed by atoms with van der Waals surface area (Å²) in [4.78, 5) is 36.1. The van der Waals surface area contributed by atoms with Gasteiger partial charge in [0.1, 0.15) is 5.82 Å². The molecule has 0 bridgehead atoms. The van der Waals surface area contributed by atoms with Crippen LogP contribution >= 0.6 is 11.8 Å². The molecule has 0 fully saturated rings. The van der Waals surface area contributed by atoms with Gasteiger partial charge in [-0.2, -0.15) is 0 Å². The molecule has 0 aliphatic carbocycles. The maximum Gasteiger partial charge on any atom is 0.338 e. The van der Waals surface area contributed by atoms with Gasteiger partial charge in [0.25, 0.3) is 5.91 Å². The Kier molecular flexibility index (Phi) is 4.99. The maximum atomic E-state index is 13.1. The number of thioether (sulfide) groups is 1. The molecule has 25 heavy (non-hydrogen) atoms. The molecule has 2 aromatic carbocycles. The molecule has 128 valence electrons. The molecule has 1 heterocycles. The smallest absolute Gasteiger partial charge is 0.338 e. The van der Waals surface area contributed by atoms with Crippen LogP contribution in [0.25, 0.3) is 0 Å². The molecule has 0 radical (unpaired) electrons. The Bertz CT molecular complexity index is 856. The van der Waals surface area contributed by atoms with E-state index in [0.29, 0.717) is 11.4 Å². The topological polar surface area (TPSA) is 84.5 Å². The average molecular weight is 360 g/mol. The standard InChI is InChI=1S/C17H13FN2O4S/c18-11-2-1-3-12(7-11)19-15(21)8-24-17(23)10-4-5-14-13(6-10)20-16(22)9-25-14/h1-7H,8-9H2,(H,19,21)(H,20,22). The number of carbonyl (C=O) groups is 3. The summed E-state index contributed by atoms with van der Waals surface area (Å²) in [6.45, 7) is -0.506. The van der Waals surface area contributed by atoms with Gasteiger partial charge in [-0.3, -0.25) is 9.59 Å². The molecular formula is C17H13FN2O4S. The van der Waals surface area contributed by atoms with Crippen LogP contribution in [0, 0.1) is 5.82 Å². The molecule has 2 N–H and O–H groups in total. The summed E-state index contributed by atoms with van der Waals surface area (Å²) in [6, 6.07) is 10.2. The lowest BCUT2D eigenvalue weighted by Crippen LogP contribution is -2.22. The number of benzene rings is 2. The number of esters is 1. The van der Waals surface area contributed by atoms with Crippen LogP contribution in [-0.4, -0.2) is 30.1 Å². The summed E-state index contributed by atoms with van der Waals surface area (Å²) in [5, 5.41) is 5.10. The molecule has 1 aliphatic rings. The van der Waals surface area contributed by atoms with E-state index in [1.165, 1.54) is 36.0 Å². The lowest BCUT2D eigenvalue weighted by atomic mass is 10.2. The number of hydrogen-bond donors (Lipinski definition) is 2. The van der Waals surface area contributed by atoms with E-state index < -0.39 is 24.3 Å². The van der Waals surface area contributed by atoms with E-state index in [0.717, 1.165) is 11.0 Å². The number of anilines is 2. The van der Waals surface area contributed by atoms with Crippen LogP contribution in [0.15, 0.2) is 47.4 Å². The van der Waals surface area contributed by atoms with Crippen molar-refractivity contribution < 1.29 is 23.5 Å². The van der Waals surface area contributed by atoms with Gasteiger partial charge in [-0.1, -0.05) is 6.07 Å². The van der Waals surface area contributed by atoms with Crippen molar-refractivity contribution in [2.75, 3.05) is 23.0 Å². The normalized spacial score (nSPS) is 12.8. The van der Waals surface area contributed by atoms with Crippen molar-refractivity contribution in [1.82, 2.24) is 0 Å². The molecule has 2 aromatic rings. The molecule has 2 amide bonds. The van der Waals surface area contributed by atoms with Crippen molar-refractivity contribution in [3.05, 3.63) is 53.8 Å². The number of fused-ring (bicyclic) bond motifs is 1. The van der Waals surface area contributed by atoms with Gasteiger partial charge < -0.3 is 15.4 Å². The summed E-state index contributed by atoms with van der Waals surface area (Å²) in [7, 11) is 0. The predicted octanol–water partition coefficient (Wildman–Crippen LogP) is 2.67. The van der Waals surface area contributed by atoms with E-state index in [4.69, 9.17) is 4.74 Å². The number of carbonyl (C=O) groups excluding carboxylic acids is 3. The minimum atomic E-state index is -0.693. The Labute approximate surface area is 146 Å². The molecule has 3 rings (SSSR count). The van der Waals surface area contributed by atoms with Crippen LogP contribution in [0.2, 0.25) is 0 Å². The predicted molar refractivity (Wildman–Crippen MR) is 91.1 cm³/mol. The quantitative estimate of drug-likeness (QED) is 0.819. The maximum absolute atomic E-state index is 13.1. The van der Waals surface area contributed by atoms with Gasteiger partial charge in [0.15, 0.2) is 6.61 Å². The first-order chi connectivity index (χ1) is 12.0. The average Bonchev–Trinajstić information content (AvgIpc) is 2.59. The fraction of sp³-hybridized carbons (Fsp3) is 0.118. The van der Waals surface area contributed by atoms with Gasteiger partial charge >= 0.3 is 5.97 Å². The first kappa shape index (κ1) is 17.0. The van der Waals surface area contributed by atoms with Crippen LogP contribution in [0.3, 0.4) is 0 Å². The highest BCUT2D eigenvalue weighted by molar-refractivity contribution is 8.00. The summed E-state index contributed by atoms with van der Waals surface area (Å²) >= 11 is 1.38. The van der Waals surface area contributed by atoms with Gasteiger partial charge in [-0.25, -0.2) is 9.18 Å². The summed E-state index contributed by atoms with van der Waals surface area (Å²) in [5.41, 5.74) is 1.04. The molecule has 0 spiro atoms. The zero-order valence-electron chi connectivity index (χ0n) is 12.9. The second-order valence-electron chi connectivity index (χ2n) is 5.18. The number of halogens is 1. The Morgan fingerprint density at radius 3 is 2.88 bits per heavy atom. The summed E-state index contributed by atoms with van der Waals surface area (Å²) in [6.07, 6.45) is 0. The number of amides is 2. The van der Waals surface area contributed by atoms with E-state index in [2.05, 4.69) is 10.6 Å².